The highest BCUT2D eigenvalue weighted by Crippen LogP contribution is 2.29. The highest BCUT2D eigenvalue weighted by atomic mass is 16.5. The summed E-state index contributed by atoms with van der Waals surface area (Å²) in [6.07, 6.45) is 2.54. The lowest BCUT2D eigenvalue weighted by molar-refractivity contribution is 0.287. The average molecular weight is 194 g/mol. The lowest BCUT2D eigenvalue weighted by atomic mass is 10.4. The van der Waals surface area contributed by atoms with E-state index in [2.05, 4.69) is 15.4 Å². The minimum absolute atomic E-state index is 0.586. The Hall–Kier alpha value is -1.36. The third-order valence-corrected chi connectivity index (χ3v) is 2.13. The molecular weight excluding hydrogens is 180 g/mol. The zero-order valence-corrected chi connectivity index (χ0v) is 8.16. The molecule has 5 nitrogen and oxygen atoms in total. The first kappa shape index (κ1) is 9.21. The van der Waals surface area contributed by atoms with Crippen molar-refractivity contribution in [2.75, 3.05) is 12.0 Å². The molecule has 0 spiro atoms. The van der Waals surface area contributed by atoms with E-state index >= 15 is 0 Å². The summed E-state index contributed by atoms with van der Waals surface area (Å²) in [6, 6.07) is 1.70. The summed E-state index contributed by atoms with van der Waals surface area (Å²) in [6.45, 7) is 2.56. The molecule has 1 saturated carbocycles. The summed E-state index contributed by atoms with van der Waals surface area (Å²) in [5.41, 5.74) is 2.48. The number of nitrogens with one attached hydrogen (secondary N) is 1. The first-order chi connectivity index (χ1) is 6.78. The van der Waals surface area contributed by atoms with Gasteiger partial charge in [-0.1, -0.05) is 0 Å². The molecule has 3 N–H and O–H groups in total. The van der Waals surface area contributed by atoms with Crippen molar-refractivity contribution in [3.05, 3.63) is 11.9 Å². The van der Waals surface area contributed by atoms with Gasteiger partial charge in [-0.15, -0.1) is 0 Å². The summed E-state index contributed by atoms with van der Waals surface area (Å²) >= 11 is 0. The third kappa shape index (κ3) is 2.32. The maximum absolute atomic E-state index is 5.51. The maximum Gasteiger partial charge on any atom is 0.218 e. The van der Waals surface area contributed by atoms with Gasteiger partial charge in [-0.2, -0.15) is 4.98 Å². The Balaban J connectivity index is 2.03. The van der Waals surface area contributed by atoms with Gasteiger partial charge in [-0.05, 0) is 25.7 Å². The van der Waals surface area contributed by atoms with E-state index in [4.69, 9.17) is 10.6 Å². The van der Waals surface area contributed by atoms with E-state index in [1.54, 1.807) is 6.07 Å². The monoisotopic (exact) mass is 194 g/mol. The second-order valence-electron chi connectivity index (χ2n) is 3.54. The standard InChI is InChI=1S/C9H14N4O/c1-6-11-8(13-10)4-9(12-6)14-5-7-2-3-7/h4,7H,2-3,5,10H2,1H3,(H,11,12,13). The summed E-state index contributed by atoms with van der Waals surface area (Å²) in [5, 5.41) is 0. The van der Waals surface area contributed by atoms with Crippen LogP contribution in [0.1, 0.15) is 18.7 Å². The van der Waals surface area contributed by atoms with Gasteiger partial charge in [0.25, 0.3) is 0 Å². The molecule has 0 aliphatic heterocycles. The number of ether oxygens (including phenoxy) is 1. The normalized spacial score (nSPS) is 15.3. The summed E-state index contributed by atoms with van der Waals surface area (Å²) in [5.74, 6) is 7.82. The highest BCUT2D eigenvalue weighted by Gasteiger charge is 2.22. The third-order valence-electron chi connectivity index (χ3n) is 2.13. The van der Waals surface area contributed by atoms with Crippen LogP contribution in [0.3, 0.4) is 0 Å². The van der Waals surface area contributed by atoms with Crippen LogP contribution in [0, 0.1) is 12.8 Å². The quantitative estimate of drug-likeness (QED) is 0.549. The number of nitrogens with two attached hydrogens (primary N) is 1. The average Bonchev–Trinajstić information content (AvgIpc) is 2.97. The van der Waals surface area contributed by atoms with Crippen LogP contribution in [0.2, 0.25) is 0 Å². The molecule has 14 heavy (non-hydrogen) atoms. The first-order valence-corrected chi connectivity index (χ1v) is 4.73. The second kappa shape index (κ2) is 3.79. The second-order valence-corrected chi connectivity index (χ2v) is 3.54. The van der Waals surface area contributed by atoms with E-state index in [0.717, 1.165) is 12.5 Å². The Morgan fingerprint density at radius 1 is 1.57 bits per heavy atom. The van der Waals surface area contributed by atoms with E-state index < -0.39 is 0 Å². The number of hydrogen-bond acceptors (Lipinski definition) is 5. The van der Waals surface area contributed by atoms with Gasteiger partial charge >= 0.3 is 0 Å². The molecule has 5 heteroatoms. The van der Waals surface area contributed by atoms with E-state index in [0.29, 0.717) is 17.5 Å². The molecule has 1 aliphatic rings. The number of hydrogen-bond donors (Lipinski definition) is 2. The first-order valence-electron chi connectivity index (χ1n) is 4.73. The van der Waals surface area contributed by atoms with Gasteiger partial charge in [0, 0.05) is 6.07 Å². The highest BCUT2D eigenvalue weighted by molar-refractivity contribution is 5.36. The molecule has 0 bridgehead atoms. The number of rotatable bonds is 4. The van der Waals surface area contributed by atoms with Crippen molar-refractivity contribution >= 4 is 5.82 Å². The number of anilines is 1. The van der Waals surface area contributed by atoms with E-state index in [1.165, 1.54) is 12.8 Å². The van der Waals surface area contributed by atoms with E-state index in [-0.39, 0.29) is 0 Å². The lowest BCUT2D eigenvalue weighted by Crippen LogP contribution is -2.10. The van der Waals surface area contributed by atoms with Gasteiger partial charge in [-0.3, -0.25) is 0 Å². The fourth-order valence-corrected chi connectivity index (χ4v) is 1.18. The van der Waals surface area contributed by atoms with Crippen molar-refractivity contribution in [1.82, 2.24) is 9.97 Å². The van der Waals surface area contributed by atoms with Crippen LogP contribution >= 0.6 is 0 Å². The smallest absolute Gasteiger partial charge is 0.218 e. The molecule has 0 amide bonds. The van der Waals surface area contributed by atoms with E-state index in [1.807, 2.05) is 6.92 Å². The fraction of sp³-hybridized carbons (Fsp3) is 0.556. The molecule has 0 aromatic carbocycles. The Bertz CT molecular complexity index is 325. The molecule has 1 fully saturated rings. The Morgan fingerprint density at radius 3 is 3.00 bits per heavy atom. The summed E-state index contributed by atoms with van der Waals surface area (Å²) in [7, 11) is 0. The molecule has 0 radical (unpaired) electrons. The van der Waals surface area contributed by atoms with Gasteiger partial charge in [0.2, 0.25) is 5.88 Å². The topological polar surface area (TPSA) is 73.1 Å². The number of hydrazine groups is 1. The van der Waals surface area contributed by atoms with Crippen LogP contribution in [0.15, 0.2) is 6.07 Å². The minimum atomic E-state index is 0.586. The Labute approximate surface area is 82.7 Å². The van der Waals surface area contributed by atoms with Gasteiger partial charge < -0.3 is 10.2 Å². The molecule has 1 aromatic heterocycles. The Morgan fingerprint density at radius 2 is 2.36 bits per heavy atom. The van der Waals surface area contributed by atoms with Gasteiger partial charge in [0.15, 0.2) is 0 Å². The largest absolute Gasteiger partial charge is 0.477 e. The zero-order valence-electron chi connectivity index (χ0n) is 8.16. The van der Waals surface area contributed by atoms with Crippen molar-refractivity contribution in [2.45, 2.75) is 19.8 Å². The molecule has 1 heterocycles. The fourth-order valence-electron chi connectivity index (χ4n) is 1.18. The van der Waals surface area contributed by atoms with Gasteiger partial charge in [0.1, 0.15) is 11.6 Å². The SMILES string of the molecule is Cc1nc(NN)cc(OCC2CC2)n1. The number of nitrogens with zero attached hydrogens (tertiary/aromatic N) is 2. The van der Waals surface area contributed by atoms with Crippen LogP contribution in [0.4, 0.5) is 5.82 Å². The molecule has 1 aliphatic carbocycles. The minimum Gasteiger partial charge on any atom is -0.477 e. The number of nitrogen functional groups attached to an aromatic ring is 1. The van der Waals surface area contributed by atoms with E-state index in [9.17, 15) is 0 Å². The lowest BCUT2D eigenvalue weighted by Gasteiger charge is -2.06. The maximum atomic E-state index is 5.51. The van der Waals surface area contributed by atoms with Gasteiger partial charge in [-0.25, -0.2) is 10.8 Å². The van der Waals surface area contributed by atoms with Gasteiger partial charge in [0.05, 0.1) is 6.61 Å². The zero-order chi connectivity index (χ0) is 9.97. The predicted molar refractivity (Wildman–Crippen MR) is 52.8 cm³/mol. The molecule has 0 unspecified atom stereocenters. The van der Waals surface area contributed by atoms with Crippen LogP contribution in [-0.4, -0.2) is 16.6 Å². The Kier molecular flexibility index (Phi) is 2.49. The molecule has 2 rings (SSSR count). The predicted octanol–water partition coefficient (Wildman–Crippen LogP) is 0.859. The molecule has 0 atom stereocenters. The van der Waals surface area contributed by atoms with Crippen molar-refractivity contribution in [1.29, 1.82) is 0 Å². The molecular formula is C9H14N4O. The van der Waals surface area contributed by atoms with Crippen LogP contribution in [0.25, 0.3) is 0 Å². The number of aryl methyl sites for hydroxylation is 1. The molecule has 1 aromatic rings. The van der Waals surface area contributed by atoms with Crippen LogP contribution < -0.4 is 16.0 Å². The van der Waals surface area contributed by atoms with Crippen molar-refractivity contribution < 1.29 is 4.74 Å². The summed E-state index contributed by atoms with van der Waals surface area (Å²) < 4.78 is 5.51. The van der Waals surface area contributed by atoms with Crippen molar-refractivity contribution in [3.63, 3.8) is 0 Å². The molecule has 76 valence electrons. The molecule has 0 saturated heterocycles. The summed E-state index contributed by atoms with van der Waals surface area (Å²) in [4.78, 5) is 8.22. The van der Waals surface area contributed by atoms with Crippen LogP contribution in [-0.2, 0) is 0 Å². The van der Waals surface area contributed by atoms with Crippen molar-refractivity contribution in [3.8, 4) is 5.88 Å². The number of aromatic nitrogens is 2. The van der Waals surface area contributed by atoms with Crippen molar-refractivity contribution in [2.24, 2.45) is 11.8 Å². The van der Waals surface area contributed by atoms with Crippen LogP contribution in [0.5, 0.6) is 5.88 Å².